The number of ether oxygens (including phenoxy) is 10. The molecule has 0 saturated carbocycles. The van der Waals surface area contributed by atoms with E-state index in [1.807, 2.05) is 0 Å². The average Bonchev–Trinajstić information content (AvgIpc) is 0.756. The molecule has 30 atom stereocenters. The summed E-state index contributed by atoms with van der Waals surface area (Å²) in [5.41, 5.74) is 0. The Morgan fingerprint density at radius 2 is 0.729 bits per heavy atom. The van der Waals surface area contributed by atoms with Crippen LogP contribution in [0.3, 0.4) is 0 Å². The van der Waals surface area contributed by atoms with Crippen molar-refractivity contribution >= 4 is 41.5 Å². The molecule has 0 aliphatic carbocycles. The highest BCUT2D eigenvalue weighted by Crippen LogP contribution is 2.43. The summed E-state index contributed by atoms with van der Waals surface area (Å²) in [4.78, 5) is 92.3. The van der Waals surface area contributed by atoms with Gasteiger partial charge in [-0.05, 0) is 12.8 Å². The molecule has 5 rings (SSSR count). The number of carboxylic acids is 3. The van der Waals surface area contributed by atoms with Gasteiger partial charge in [-0.25, -0.2) is 14.4 Å². The Morgan fingerprint density at radius 3 is 1.08 bits per heavy atom. The van der Waals surface area contributed by atoms with Gasteiger partial charge < -0.3 is 171 Å². The quantitative estimate of drug-likeness (QED) is 0.0368. The predicted molar refractivity (Wildman–Crippen MR) is 457 cm³/mol. The minimum atomic E-state index is -3.57. The highest BCUT2D eigenvalue weighted by Gasteiger charge is 2.64. The van der Waals surface area contributed by atoms with Crippen molar-refractivity contribution in [3.8, 4) is 0 Å². The molecule has 5 fully saturated rings. The van der Waals surface area contributed by atoms with E-state index in [2.05, 4.69) is 35.1 Å². The second-order valence-corrected chi connectivity index (χ2v) is 35.7. The van der Waals surface area contributed by atoms with E-state index in [0.29, 0.717) is 12.8 Å². The Bertz CT molecular complexity index is 3180. The first-order valence-corrected chi connectivity index (χ1v) is 47.2. The molecule has 41 heteroatoms. The van der Waals surface area contributed by atoms with Gasteiger partial charge in [0.1, 0.15) is 104 Å². The van der Waals surface area contributed by atoms with Gasteiger partial charge in [0, 0.05) is 46.5 Å². The van der Waals surface area contributed by atoms with Crippen LogP contribution < -0.4 is 21.3 Å². The summed E-state index contributed by atoms with van der Waals surface area (Å²) in [5.74, 6) is -20.5. The fraction of sp³-hybridized carbons (Fsp3) is 0.920. The number of carbonyl (C=O) groups is 7. The number of rotatable bonds is 67. The van der Waals surface area contributed by atoms with Gasteiger partial charge >= 0.3 is 17.9 Å². The van der Waals surface area contributed by atoms with Gasteiger partial charge in [-0.15, -0.1) is 0 Å². The summed E-state index contributed by atoms with van der Waals surface area (Å²) in [6.07, 6.45) is -14.4. The summed E-state index contributed by atoms with van der Waals surface area (Å²) >= 11 is 0. The molecule has 4 amide bonds. The minimum Gasteiger partial charge on any atom is -0.477 e. The number of aliphatic carboxylic acids is 3. The van der Waals surface area contributed by atoms with Crippen molar-refractivity contribution in [1.82, 2.24) is 21.3 Å². The van der Waals surface area contributed by atoms with Gasteiger partial charge in [0.2, 0.25) is 23.6 Å². The van der Waals surface area contributed by atoms with E-state index < -0.39 is 277 Å². The first-order valence-electron chi connectivity index (χ1n) is 47.2. The fourth-order valence-corrected chi connectivity index (χ4v) is 17.7. The highest BCUT2D eigenvalue weighted by atomic mass is 16.8. The number of aliphatic hydroxyl groups excluding tert-OH is 17. The first kappa shape index (κ1) is 115. The number of carboxylic acid groups (broad SMARTS) is 3. The number of hydrogen-bond acceptors (Lipinski definition) is 34. The van der Waals surface area contributed by atoms with Crippen LogP contribution in [0.2, 0.25) is 0 Å². The van der Waals surface area contributed by atoms with Crippen LogP contribution >= 0.6 is 0 Å². The zero-order valence-corrected chi connectivity index (χ0v) is 76.0. The minimum absolute atomic E-state index is 0.147. The lowest BCUT2D eigenvalue weighted by molar-refractivity contribution is -0.388. The Balaban J connectivity index is 1.30. The topological polar surface area (TPSA) is 665 Å². The lowest BCUT2D eigenvalue weighted by atomic mass is 9.86. The molecular weight excluding hydrogens is 1700 g/mol. The number of nitrogens with one attached hydrogen (secondary N) is 4. The lowest BCUT2D eigenvalue weighted by Gasteiger charge is -2.51. The van der Waals surface area contributed by atoms with E-state index in [1.54, 1.807) is 0 Å². The monoisotopic (exact) mass is 1860 g/mol. The molecule has 5 heterocycles. The van der Waals surface area contributed by atoms with Crippen LogP contribution in [0, 0.1) is 0 Å². The van der Waals surface area contributed by atoms with Gasteiger partial charge in [0.25, 0.3) is 17.4 Å². The molecule has 752 valence electrons. The van der Waals surface area contributed by atoms with Gasteiger partial charge in [0.15, 0.2) is 12.6 Å². The molecule has 0 bridgehead atoms. The zero-order valence-electron chi connectivity index (χ0n) is 76.0. The molecule has 0 radical (unpaired) electrons. The fourth-order valence-electron chi connectivity index (χ4n) is 17.7. The van der Waals surface area contributed by atoms with Crippen molar-refractivity contribution in [2.75, 3.05) is 39.6 Å². The van der Waals surface area contributed by atoms with Crippen molar-refractivity contribution in [3.63, 3.8) is 0 Å². The number of amides is 4. The molecule has 3 unspecified atom stereocenters. The van der Waals surface area contributed by atoms with E-state index >= 15 is 0 Å². The molecule has 0 spiro atoms. The van der Waals surface area contributed by atoms with Crippen LogP contribution in [0.4, 0.5) is 0 Å². The highest BCUT2D eigenvalue weighted by molar-refractivity contribution is 5.79. The largest absolute Gasteiger partial charge is 0.477 e. The molecule has 5 saturated heterocycles. The Kier molecular flexibility index (Phi) is 53.3. The van der Waals surface area contributed by atoms with E-state index in [1.165, 1.54) is 148 Å². The van der Waals surface area contributed by atoms with Crippen molar-refractivity contribution < 1.29 is 183 Å². The van der Waals surface area contributed by atoms with Crippen LogP contribution in [-0.2, 0) is 80.9 Å². The second kappa shape index (κ2) is 59.9. The van der Waals surface area contributed by atoms with E-state index in [-0.39, 0.29) is 18.7 Å². The molecule has 0 aromatic carbocycles. The third-order valence-electron chi connectivity index (χ3n) is 25.1. The van der Waals surface area contributed by atoms with Gasteiger partial charge in [-0.3, -0.25) is 19.2 Å². The lowest BCUT2D eigenvalue weighted by Crippen LogP contribution is -2.72. The molecule has 5 aliphatic rings. The third-order valence-corrected chi connectivity index (χ3v) is 25.1. The van der Waals surface area contributed by atoms with Crippen molar-refractivity contribution in [2.45, 2.75) is 474 Å². The summed E-state index contributed by atoms with van der Waals surface area (Å²) in [6, 6.07) is -6.94. The maximum Gasteiger partial charge on any atom is 0.364 e. The van der Waals surface area contributed by atoms with Crippen LogP contribution in [-0.4, -0.2) is 366 Å². The maximum absolute atomic E-state index is 13.9. The number of unbranched alkanes of at least 4 members (excludes halogenated alkanes) is 33. The summed E-state index contributed by atoms with van der Waals surface area (Å²) < 4.78 is 58.4. The standard InChI is InChI=1S/C88H158N4O37/c1-6-8-10-12-14-16-18-20-21-22-23-24-25-26-27-28-30-32-34-36-38-40-42-65(106)92-55(56(101)41-39-37-35-33-31-29-19-17-15-13-11-9-7-2)51-120-81-74(112)73(111)76(64(50-97)122-81)123-82-75(113)80(70(108)61(47-94)121-82)129-88(85(118)119)45-59(104)68(91-54(5)100)79(128-88)72(110)63(49-96)125-87(84(116)117)44-58(103)67(90-53(4)99)78(127-87)71(109)62(48-95)124-86(83(114)115)43-57(102)66(89-52(3)98)77(126-86)69(107)60(105)46-93/h55-64,66-82,93-97,101-105,107-113H,6-51H2,1-5H3,(H,89,98)(H,90,99)(H,91,100)(H,92,106)(H,114,115)(H,116,117)(H,118,119)/t55-,56+,57-,58-,59-,60+,61+,62+,63+,64+,66+,67+,68+,69+,70-,71+,72+,73+,74+,75+,76+,77?,78?,79?,80-,81+,82-,86+,87+,88-/m0/s1. The second-order valence-electron chi connectivity index (χ2n) is 35.7. The normalized spacial score (nSPS) is 31.6. The van der Waals surface area contributed by atoms with Gasteiger partial charge in [-0.1, -0.05) is 232 Å². The third kappa shape index (κ3) is 36.0. The molecule has 0 aromatic heterocycles. The summed E-state index contributed by atoms with van der Waals surface area (Å²) in [5, 5.41) is 235. The van der Waals surface area contributed by atoms with Crippen LogP contribution in [0.5, 0.6) is 0 Å². The predicted octanol–water partition coefficient (Wildman–Crippen LogP) is 0.468. The zero-order chi connectivity index (χ0) is 95.6. The number of aliphatic hydroxyl groups is 17. The van der Waals surface area contributed by atoms with E-state index in [4.69, 9.17) is 47.4 Å². The number of hydrogen-bond donors (Lipinski definition) is 24. The average molecular weight is 1860 g/mol. The maximum atomic E-state index is 13.9. The number of carbonyl (C=O) groups excluding carboxylic acids is 4. The van der Waals surface area contributed by atoms with Gasteiger partial charge in [-0.2, -0.15) is 0 Å². The molecule has 41 nitrogen and oxygen atoms in total. The van der Waals surface area contributed by atoms with Gasteiger partial charge in [0.05, 0.1) is 88.2 Å². The van der Waals surface area contributed by atoms with Crippen LogP contribution in [0.15, 0.2) is 0 Å². The van der Waals surface area contributed by atoms with Crippen molar-refractivity contribution in [1.29, 1.82) is 0 Å². The van der Waals surface area contributed by atoms with Crippen molar-refractivity contribution in [3.05, 3.63) is 0 Å². The molecular formula is C88H158N4O37. The summed E-state index contributed by atoms with van der Waals surface area (Å²) in [6.45, 7) is 0.0429. The van der Waals surface area contributed by atoms with E-state index in [9.17, 15) is 136 Å². The Morgan fingerprint density at radius 1 is 0.388 bits per heavy atom. The first-order chi connectivity index (χ1) is 61.5. The molecule has 24 N–H and O–H groups in total. The van der Waals surface area contributed by atoms with Crippen molar-refractivity contribution in [2.24, 2.45) is 0 Å². The van der Waals surface area contributed by atoms with E-state index in [0.717, 1.165) is 85.0 Å². The Hall–Kier alpha value is -4.79. The summed E-state index contributed by atoms with van der Waals surface area (Å²) in [7, 11) is 0. The molecule has 129 heavy (non-hydrogen) atoms. The Labute approximate surface area is 756 Å². The smallest absolute Gasteiger partial charge is 0.364 e. The van der Waals surface area contributed by atoms with Crippen LogP contribution in [0.25, 0.3) is 0 Å². The molecule has 0 aromatic rings. The molecule has 5 aliphatic heterocycles. The SMILES string of the molecule is CCCCCCCCCCCCCCCCCCCCCCCCC(=O)N[C@@H](CO[C@@H]1O[C@H](CO)[C@@H](O[C@@H]2O[C@H](CO)[C@H](O)[C@H](O[C@]3(C(=O)O)C[C@H](O)[C@@H](NC(C)=O)C([C@H](O)[C@@H](CO)O[C@]4(C(=O)O)C[C@H](O)[C@@H](NC(C)=O)C([C@H](O)[C@@H](CO)O[C@]5(C(=O)O)C[C@H](O)[C@@H](NC(C)=O)C([C@H](O)[C@H](O)CO)O5)O4)O3)[C@H]2O)[C@H](O)[C@H]1O)[C@H](O)CCCCCCCCCCCCCCC. The van der Waals surface area contributed by atoms with Crippen LogP contribution in [0.1, 0.15) is 291 Å².